The fraction of sp³-hybridized carbons (Fsp3) is 0.278. The van der Waals surface area contributed by atoms with Crippen molar-refractivity contribution < 1.29 is 14.3 Å². The SMILES string of the molecule is Cc1ccc(Oc2ccc(Cl)cc2NC(=O)C2CCCO2)cc1. The number of benzene rings is 2. The maximum atomic E-state index is 12.2. The smallest absolute Gasteiger partial charge is 0.253 e. The van der Waals surface area contributed by atoms with Gasteiger partial charge in [0, 0.05) is 11.6 Å². The number of anilines is 1. The number of aryl methyl sites for hydroxylation is 1. The summed E-state index contributed by atoms with van der Waals surface area (Å²) in [4.78, 5) is 12.2. The zero-order valence-corrected chi connectivity index (χ0v) is 13.6. The first-order valence-electron chi connectivity index (χ1n) is 7.58. The second-order valence-electron chi connectivity index (χ2n) is 5.55. The Balaban J connectivity index is 1.79. The standard InChI is InChI=1S/C18H18ClNO3/c1-12-4-7-14(8-5-12)23-16-9-6-13(19)11-15(16)20-18(21)17-3-2-10-22-17/h4-9,11,17H,2-3,10H2,1H3,(H,20,21). The first kappa shape index (κ1) is 15.8. The van der Waals surface area contributed by atoms with Crippen LogP contribution >= 0.6 is 11.6 Å². The number of hydrogen-bond donors (Lipinski definition) is 1. The maximum Gasteiger partial charge on any atom is 0.253 e. The zero-order valence-electron chi connectivity index (χ0n) is 12.8. The number of carbonyl (C=O) groups excluding carboxylic acids is 1. The Kier molecular flexibility index (Phi) is 4.84. The Bertz CT molecular complexity index is 694. The van der Waals surface area contributed by atoms with E-state index in [2.05, 4.69) is 5.32 Å². The minimum absolute atomic E-state index is 0.168. The van der Waals surface area contributed by atoms with E-state index in [9.17, 15) is 4.79 Å². The van der Waals surface area contributed by atoms with E-state index in [1.807, 2.05) is 31.2 Å². The summed E-state index contributed by atoms with van der Waals surface area (Å²) in [5, 5.41) is 3.38. The Morgan fingerprint density at radius 1 is 1.26 bits per heavy atom. The molecular formula is C18H18ClNO3. The van der Waals surface area contributed by atoms with Crippen molar-refractivity contribution in [2.45, 2.75) is 25.9 Å². The van der Waals surface area contributed by atoms with Crippen LogP contribution in [-0.2, 0) is 9.53 Å². The molecule has 0 bridgehead atoms. The Labute approximate surface area is 140 Å². The predicted molar refractivity (Wildman–Crippen MR) is 90.3 cm³/mol. The fourth-order valence-electron chi connectivity index (χ4n) is 2.42. The Morgan fingerprint density at radius 2 is 2.04 bits per heavy atom. The minimum atomic E-state index is -0.402. The fourth-order valence-corrected chi connectivity index (χ4v) is 2.59. The van der Waals surface area contributed by atoms with E-state index in [-0.39, 0.29) is 5.91 Å². The number of carbonyl (C=O) groups is 1. The van der Waals surface area contributed by atoms with Crippen LogP contribution in [0.25, 0.3) is 0 Å². The van der Waals surface area contributed by atoms with Crippen molar-refractivity contribution in [1.82, 2.24) is 0 Å². The molecule has 0 saturated carbocycles. The lowest BCUT2D eigenvalue weighted by atomic mass is 10.2. The third-order valence-electron chi connectivity index (χ3n) is 3.67. The van der Waals surface area contributed by atoms with Gasteiger partial charge in [-0.05, 0) is 50.1 Å². The molecule has 23 heavy (non-hydrogen) atoms. The normalized spacial score (nSPS) is 17.0. The molecule has 2 aromatic rings. The van der Waals surface area contributed by atoms with Crippen LogP contribution in [0.15, 0.2) is 42.5 Å². The Morgan fingerprint density at radius 3 is 2.74 bits per heavy atom. The number of hydrogen-bond acceptors (Lipinski definition) is 3. The third-order valence-corrected chi connectivity index (χ3v) is 3.91. The van der Waals surface area contributed by atoms with Crippen molar-refractivity contribution in [3.05, 3.63) is 53.1 Å². The highest BCUT2D eigenvalue weighted by Gasteiger charge is 2.24. The monoisotopic (exact) mass is 331 g/mol. The van der Waals surface area contributed by atoms with E-state index in [4.69, 9.17) is 21.1 Å². The molecule has 1 aliphatic rings. The van der Waals surface area contributed by atoms with E-state index in [1.54, 1.807) is 18.2 Å². The van der Waals surface area contributed by atoms with Gasteiger partial charge in [-0.25, -0.2) is 0 Å². The minimum Gasteiger partial charge on any atom is -0.455 e. The highest BCUT2D eigenvalue weighted by Crippen LogP contribution is 2.32. The molecule has 1 N–H and O–H groups in total. The number of rotatable bonds is 4. The second kappa shape index (κ2) is 7.02. The van der Waals surface area contributed by atoms with Gasteiger partial charge in [-0.1, -0.05) is 29.3 Å². The molecule has 4 nitrogen and oxygen atoms in total. The van der Waals surface area contributed by atoms with Gasteiger partial charge < -0.3 is 14.8 Å². The number of halogens is 1. The lowest BCUT2D eigenvalue weighted by Gasteiger charge is -2.15. The summed E-state index contributed by atoms with van der Waals surface area (Å²) < 4.78 is 11.3. The molecule has 0 aliphatic carbocycles. The topological polar surface area (TPSA) is 47.6 Å². The van der Waals surface area contributed by atoms with Crippen molar-refractivity contribution in [2.75, 3.05) is 11.9 Å². The van der Waals surface area contributed by atoms with E-state index in [0.29, 0.717) is 28.8 Å². The number of ether oxygens (including phenoxy) is 2. The highest BCUT2D eigenvalue weighted by atomic mass is 35.5. The predicted octanol–water partition coefficient (Wildman–Crippen LogP) is 4.56. The van der Waals surface area contributed by atoms with Crippen molar-refractivity contribution in [3.63, 3.8) is 0 Å². The largest absolute Gasteiger partial charge is 0.455 e. The van der Waals surface area contributed by atoms with Crippen molar-refractivity contribution >= 4 is 23.2 Å². The maximum absolute atomic E-state index is 12.2. The average molecular weight is 332 g/mol. The molecule has 0 aromatic heterocycles. The molecule has 1 fully saturated rings. The van der Waals surface area contributed by atoms with Crippen LogP contribution < -0.4 is 10.1 Å². The molecule has 120 valence electrons. The molecule has 2 aromatic carbocycles. The van der Waals surface area contributed by atoms with Crippen LogP contribution in [0, 0.1) is 6.92 Å². The third kappa shape index (κ3) is 4.03. The van der Waals surface area contributed by atoms with Crippen LogP contribution in [0.3, 0.4) is 0 Å². The first-order valence-corrected chi connectivity index (χ1v) is 7.96. The summed E-state index contributed by atoms with van der Waals surface area (Å²) in [7, 11) is 0. The molecule has 1 aliphatic heterocycles. The second-order valence-corrected chi connectivity index (χ2v) is 5.98. The molecular weight excluding hydrogens is 314 g/mol. The Hall–Kier alpha value is -2.04. The summed E-state index contributed by atoms with van der Waals surface area (Å²) in [5.74, 6) is 1.08. The molecule has 5 heteroatoms. The first-order chi connectivity index (χ1) is 11.1. The summed E-state index contributed by atoms with van der Waals surface area (Å²) in [6.07, 6.45) is 1.24. The van der Waals surface area contributed by atoms with Crippen molar-refractivity contribution in [1.29, 1.82) is 0 Å². The summed E-state index contributed by atoms with van der Waals surface area (Å²) in [5.41, 5.74) is 1.69. The lowest BCUT2D eigenvalue weighted by Crippen LogP contribution is -2.27. The number of nitrogens with one attached hydrogen (secondary N) is 1. The van der Waals surface area contributed by atoms with Crippen molar-refractivity contribution in [3.8, 4) is 11.5 Å². The van der Waals surface area contributed by atoms with Gasteiger partial charge in [0.15, 0.2) is 5.75 Å². The highest BCUT2D eigenvalue weighted by molar-refractivity contribution is 6.31. The van der Waals surface area contributed by atoms with Crippen LogP contribution in [0.5, 0.6) is 11.5 Å². The van der Waals surface area contributed by atoms with Gasteiger partial charge in [0.2, 0.25) is 0 Å². The molecule has 1 amide bonds. The number of amides is 1. The van der Waals surface area contributed by atoms with Gasteiger partial charge in [0.25, 0.3) is 5.91 Å². The van der Waals surface area contributed by atoms with Crippen molar-refractivity contribution in [2.24, 2.45) is 0 Å². The van der Waals surface area contributed by atoms with Crippen LogP contribution in [0.1, 0.15) is 18.4 Å². The average Bonchev–Trinajstić information content (AvgIpc) is 3.06. The van der Waals surface area contributed by atoms with Crippen LogP contribution in [-0.4, -0.2) is 18.6 Å². The summed E-state index contributed by atoms with van der Waals surface area (Å²) in [6.45, 7) is 2.64. The van der Waals surface area contributed by atoms with Crippen LogP contribution in [0.2, 0.25) is 5.02 Å². The molecule has 3 rings (SSSR count). The zero-order chi connectivity index (χ0) is 16.2. The van der Waals surface area contributed by atoms with Gasteiger partial charge >= 0.3 is 0 Å². The van der Waals surface area contributed by atoms with Crippen LogP contribution in [0.4, 0.5) is 5.69 Å². The van der Waals surface area contributed by atoms with E-state index < -0.39 is 6.10 Å². The van der Waals surface area contributed by atoms with E-state index in [1.165, 1.54) is 0 Å². The summed E-state index contributed by atoms with van der Waals surface area (Å²) in [6, 6.07) is 12.9. The quantitative estimate of drug-likeness (QED) is 0.893. The van der Waals surface area contributed by atoms with Gasteiger partial charge in [0.1, 0.15) is 11.9 Å². The van der Waals surface area contributed by atoms with Gasteiger partial charge in [-0.3, -0.25) is 4.79 Å². The van der Waals surface area contributed by atoms with E-state index in [0.717, 1.165) is 18.4 Å². The lowest BCUT2D eigenvalue weighted by molar-refractivity contribution is -0.124. The molecule has 1 unspecified atom stereocenters. The van der Waals surface area contributed by atoms with Gasteiger partial charge in [-0.2, -0.15) is 0 Å². The molecule has 1 atom stereocenters. The molecule has 0 radical (unpaired) electrons. The molecule has 0 spiro atoms. The summed E-state index contributed by atoms with van der Waals surface area (Å²) >= 11 is 6.05. The van der Waals surface area contributed by atoms with Gasteiger partial charge in [0.05, 0.1) is 5.69 Å². The van der Waals surface area contributed by atoms with E-state index >= 15 is 0 Å². The molecule has 1 saturated heterocycles. The molecule has 1 heterocycles. The van der Waals surface area contributed by atoms with Gasteiger partial charge in [-0.15, -0.1) is 0 Å².